The van der Waals surface area contributed by atoms with Crippen LogP contribution >= 0.6 is 7.82 Å². The summed E-state index contributed by atoms with van der Waals surface area (Å²) in [4.78, 5) is 37.0. The number of likely N-dealkylation sites (N-methyl/N-ethyl adjacent to an activating group) is 1. The van der Waals surface area contributed by atoms with E-state index in [9.17, 15) is 19.0 Å². The van der Waals surface area contributed by atoms with Gasteiger partial charge in [-0.15, -0.1) is 0 Å². The summed E-state index contributed by atoms with van der Waals surface area (Å²) in [5.74, 6) is -0.911. The van der Waals surface area contributed by atoms with Crippen molar-refractivity contribution in [3.05, 3.63) is 97.2 Å². The van der Waals surface area contributed by atoms with Gasteiger partial charge < -0.3 is 19.3 Å². The fourth-order valence-corrected chi connectivity index (χ4v) is 6.18. The summed E-state index contributed by atoms with van der Waals surface area (Å²) in [5, 5.41) is 0. The van der Waals surface area contributed by atoms with Gasteiger partial charge in [-0.05, 0) is 104 Å². The number of phosphoric acid groups is 1. The molecule has 0 bridgehead atoms. The largest absolute Gasteiger partial charge is 0.472 e. The SMILES string of the molecule is CC/C=C\C/C=C\C/C=C\C/C=C\C/C=C\CCCCCC(=O)OC(COC(=O)CCC/C=C\C/C=C\C/C=C\CCCCCCCC)COP(=O)(O)OCCN(C)C. The first-order valence-electron chi connectivity index (χ1n) is 22.5. The highest BCUT2D eigenvalue weighted by atomic mass is 31.2. The quantitative estimate of drug-likeness (QED) is 0.0279. The van der Waals surface area contributed by atoms with Crippen LogP contribution in [0.4, 0.5) is 0 Å². The van der Waals surface area contributed by atoms with Crippen molar-refractivity contribution in [2.75, 3.05) is 40.5 Å². The lowest BCUT2D eigenvalue weighted by Crippen LogP contribution is -2.29. The second-order valence-corrected chi connectivity index (χ2v) is 16.3. The van der Waals surface area contributed by atoms with E-state index in [1.807, 2.05) is 14.1 Å². The summed E-state index contributed by atoms with van der Waals surface area (Å²) >= 11 is 0. The second kappa shape index (κ2) is 43.0. The van der Waals surface area contributed by atoms with Crippen LogP contribution in [0.1, 0.15) is 155 Å². The van der Waals surface area contributed by atoms with E-state index in [-0.39, 0.29) is 26.1 Å². The van der Waals surface area contributed by atoms with Crippen molar-refractivity contribution < 1.29 is 37.6 Å². The zero-order valence-electron chi connectivity index (χ0n) is 37.4. The smallest absolute Gasteiger partial charge is 0.462 e. The Bertz CT molecular complexity index is 1300. The van der Waals surface area contributed by atoms with Crippen LogP contribution in [0.25, 0.3) is 0 Å². The van der Waals surface area contributed by atoms with Gasteiger partial charge in [0.1, 0.15) is 6.61 Å². The zero-order valence-corrected chi connectivity index (χ0v) is 38.3. The van der Waals surface area contributed by atoms with Gasteiger partial charge in [0, 0.05) is 19.4 Å². The van der Waals surface area contributed by atoms with Gasteiger partial charge in [-0.25, -0.2) is 4.57 Å². The number of rotatable bonds is 40. The van der Waals surface area contributed by atoms with E-state index in [1.54, 1.807) is 4.90 Å². The molecule has 0 aliphatic rings. The van der Waals surface area contributed by atoms with E-state index in [0.29, 0.717) is 19.4 Å². The summed E-state index contributed by atoms with van der Waals surface area (Å²) in [6.45, 7) is 4.08. The molecule has 0 heterocycles. The maximum atomic E-state index is 12.7. The van der Waals surface area contributed by atoms with Crippen molar-refractivity contribution in [2.45, 2.75) is 161 Å². The molecule has 59 heavy (non-hydrogen) atoms. The third-order valence-corrected chi connectivity index (χ3v) is 9.86. The Morgan fingerprint density at radius 2 is 0.983 bits per heavy atom. The van der Waals surface area contributed by atoms with Crippen molar-refractivity contribution in [1.29, 1.82) is 0 Å². The maximum absolute atomic E-state index is 12.7. The highest BCUT2D eigenvalue weighted by Gasteiger charge is 2.26. The Labute approximate surface area is 360 Å². The molecule has 0 saturated heterocycles. The number of allylic oxidation sites excluding steroid dienone is 16. The number of hydrogen-bond acceptors (Lipinski definition) is 8. The average Bonchev–Trinajstić information content (AvgIpc) is 3.20. The molecule has 0 radical (unpaired) electrons. The Hall–Kier alpha value is -3.07. The average molecular weight is 844 g/mol. The van der Waals surface area contributed by atoms with E-state index in [1.165, 1.54) is 38.5 Å². The normalized spacial score (nSPS) is 14.3. The molecule has 0 aromatic rings. The molecular formula is C49H82NO8P. The van der Waals surface area contributed by atoms with Crippen LogP contribution in [0, 0.1) is 0 Å². The van der Waals surface area contributed by atoms with Crippen molar-refractivity contribution in [3.8, 4) is 0 Å². The van der Waals surface area contributed by atoms with Crippen LogP contribution < -0.4 is 0 Å². The molecule has 0 rings (SSSR count). The molecule has 0 aromatic carbocycles. The molecule has 9 nitrogen and oxygen atoms in total. The van der Waals surface area contributed by atoms with Gasteiger partial charge in [0.05, 0.1) is 13.2 Å². The van der Waals surface area contributed by atoms with Crippen LogP contribution in [0.5, 0.6) is 0 Å². The first-order valence-corrected chi connectivity index (χ1v) is 24.0. The molecule has 0 aromatic heterocycles. The van der Waals surface area contributed by atoms with Crippen LogP contribution in [0.2, 0.25) is 0 Å². The van der Waals surface area contributed by atoms with Gasteiger partial charge >= 0.3 is 19.8 Å². The lowest BCUT2D eigenvalue weighted by Gasteiger charge is -2.20. The minimum absolute atomic E-state index is 0.0126. The summed E-state index contributed by atoms with van der Waals surface area (Å²) in [5.41, 5.74) is 0. The Balaban J connectivity index is 4.45. The molecule has 336 valence electrons. The molecule has 0 aliphatic carbocycles. The van der Waals surface area contributed by atoms with Gasteiger partial charge in [0.25, 0.3) is 0 Å². The number of phosphoric ester groups is 1. The van der Waals surface area contributed by atoms with E-state index in [4.69, 9.17) is 18.5 Å². The third kappa shape index (κ3) is 44.3. The number of carbonyl (C=O) groups is 2. The number of ether oxygens (including phenoxy) is 2. The zero-order chi connectivity index (χ0) is 43.3. The molecule has 0 fully saturated rings. The number of carbonyl (C=O) groups excluding carboxylic acids is 2. The van der Waals surface area contributed by atoms with Crippen LogP contribution in [0.3, 0.4) is 0 Å². The molecule has 0 spiro atoms. The summed E-state index contributed by atoms with van der Waals surface area (Å²) in [6.07, 6.45) is 54.6. The Morgan fingerprint density at radius 3 is 1.49 bits per heavy atom. The highest BCUT2D eigenvalue weighted by Crippen LogP contribution is 2.43. The molecule has 0 amide bonds. The van der Waals surface area contributed by atoms with Gasteiger partial charge in [-0.1, -0.05) is 150 Å². The maximum Gasteiger partial charge on any atom is 0.472 e. The summed E-state index contributed by atoms with van der Waals surface area (Å²) in [7, 11) is -0.765. The van der Waals surface area contributed by atoms with Gasteiger partial charge in [0.2, 0.25) is 0 Å². The minimum atomic E-state index is -4.39. The molecule has 10 heteroatoms. The van der Waals surface area contributed by atoms with Crippen molar-refractivity contribution in [1.82, 2.24) is 4.90 Å². The predicted octanol–water partition coefficient (Wildman–Crippen LogP) is 13.2. The Kier molecular flexibility index (Phi) is 40.8. The van der Waals surface area contributed by atoms with Crippen molar-refractivity contribution in [3.63, 3.8) is 0 Å². The molecule has 2 atom stereocenters. The fourth-order valence-electron chi connectivity index (χ4n) is 5.43. The van der Waals surface area contributed by atoms with Crippen LogP contribution in [-0.4, -0.2) is 68.3 Å². The van der Waals surface area contributed by atoms with Crippen LogP contribution in [-0.2, 0) is 32.7 Å². The molecule has 0 aliphatic heterocycles. The fraction of sp³-hybridized carbons (Fsp3) is 0.633. The van der Waals surface area contributed by atoms with E-state index < -0.39 is 32.5 Å². The van der Waals surface area contributed by atoms with E-state index >= 15 is 0 Å². The van der Waals surface area contributed by atoms with Crippen molar-refractivity contribution in [2.24, 2.45) is 0 Å². The first kappa shape index (κ1) is 55.9. The molecule has 2 unspecified atom stereocenters. The lowest BCUT2D eigenvalue weighted by molar-refractivity contribution is -0.161. The van der Waals surface area contributed by atoms with Gasteiger partial charge in [0.15, 0.2) is 6.10 Å². The van der Waals surface area contributed by atoms with Crippen molar-refractivity contribution >= 4 is 19.8 Å². The number of hydrogen-bond donors (Lipinski definition) is 1. The highest BCUT2D eigenvalue weighted by molar-refractivity contribution is 7.47. The standard InChI is InChI=1S/C49H82NO8P/c1-5-7-9-11-13-15-17-19-21-23-24-26-28-30-32-34-36-38-40-42-49(52)58-47(46-57-59(53,54)56-44-43-50(3)4)45-55-48(51)41-39-37-35-33-31-29-27-25-22-20-18-16-14-12-10-8-6-2/h7,9,13,15,19-22,24,26-27,29-30,32-33,35,47H,5-6,8,10-12,14,16-18,23,25,28,31,34,36-46H2,1-4H3,(H,53,54)/b9-7-,15-13-,21-19-,22-20-,26-24-,29-27-,32-30-,35-33-. The summed E-state index contributed by atoms with van der Waals surface area (Å²) < 4.78 is 33.4. The Morgan fingerprint density at radius 1 is 0.542 bits per heavy atom. The molecule has 0 saturated carbocycles. The molecule has 1 N–H and O–H groups in total. The predicted molar refractivity (Wildman–Crippen MR) is 247 cm³/mol. The van der Waals surface area contributed by atoms with Gasteiger partial charge in [-0.2, -0.15) is 0 Å². The number of nitrogens with zero attached hydrogens (tertiary/aromatic N) is 1. The topological polar surface area (TPSA) is 112 Å². The summed E-state index contributed by atoms with van der Waals surface area (Å²) in [6, 6.07) is 0. The number of unbranched alkanes of at least 4 members (excludes halogenated alkanes) is 10. The first-order chi connectivity index (χ1) is 28.7. The number of esters is 2. The monoisotopic (exact) mass is 844 g/mol. The lowest BCUT2D eigenvalue weighted by atomic mass is 10.1. The van der Waals surface area contributed by atoms with Crippen LogP contribution in [0.15, 0.2) is 97.2 Å². The van der Waals surface area contributed by atoms with Gasteiger partial charge in [-0.3, -0.25) is 18.6 Å². The van der Waals surface area contributed by atoms with E-state index in [2.05, 4.69) is 111 Å². The third-order valence-electron chi connectivity index (χ3n) is 8.87. The minimum Gasteiger partial charge on any atom is -0.462 e. The second-order valence-electron chi connectivity index (χ2n) is 14.8. The molecular weight excluding hydrogens is 762 g/mol. The van der Waals surface area contributed by atoms with E-state index in [0.717, 1.165) is 77.0 Å².